The van der Waals surface area contributed by atoms with Gasteiger partial charge in [0.05, 0.1) is 0 Å². The van der Waals surface area contributed by atoms with Crippen molar-refractivity contribution >= 4 is 29.3 Å². The van der Waals surface area contributed by atoms with Gasteiger partial charge in [0.2, 0.25) is 0 Å². The Morgan fingerprint density at radius 3 is 2.41 bits per heavy atom. The van der Waals surface area contributed by atoms with E-state index in [2.05, 4.69) is 10.6 Å². The number of nitrogens with zero attached hydrogens (tertiary/aromatic N) is 1. The van der Waals surface area contributed by atoms with Crippen molar-refractivity contribution < 1.29 is 18.7 Å². The quantitative estimate of drug-likeness (QED) is 0.421. The second-order valence-corrected chi connectivity index (χ2v) is 6.82. The van der Waals surface area contributed by atoms with Crippen LogP contribution >= 0.6 is 0 Å². The summed E-state index contributed by atoms with van der Waals surface area (Å²) in [6.45, 7) is 1.55. The summed E-state index contributed by atoms with van der Waals surface area (Å²) in [6.07, 6.45) is 1.40. The van der Waals surface area contributed by atoms with Crippen LogP contribution in [0.25, 0.3) is 6.08 Å². The summed E-state index contributed by atoms with van der Waals surface area (Å²) in [5, 5.41) is 14.8. The number of nitrogens with one attached hydrogen (secondary N) is 2. The molecule has 0 spiro atoms. The molecular weight excluding hydrogens is 409 g/mol. The molecule has 6 nitrogen and oxygen atoms in total. The first-order valence-corrected chi connectivity index (χ1v) is 9.72. The lowest BCUT2D eigenvalue weighted by atomic mass is 10.1. The van der Waals surface area contributed by atoms with E-state index in [9.17, 15) is 19.2 Å². The molecule has 3 rings (SSSR count). The van der Waals surface area contributed by atoms with E-state index in [1.807, 2.05) is 25.1 Å². The average Bonchev–Trinajstić information content (AvgIpc) is 2.79. The van der Waals surface area contributed by atoms with E-state index in [0.29, 0.717) is 22.7 Å². The van der Waals surface area contributed by atoms with Crippen molar-refractivity contribution in [2.24, 2.45) is 0 Å². The van der Waals surface area contributed by atoms with Gasteiger partial charge in [-0.2, -0.15) is 5.26 Å². The summed E-state index contributed by atoms with van der Waals surface area (Å²) in [7, 11) is 0. The standard InChI is InChI=1S/C25H20FN3O3/c1-17-6-2-4-8-22(17)29-25(31)19(15-27)14-18-7-3-5-9-23(18)32-16-24(30)28-21-12-10-20(26)11-13-21/h2-14H,16H2,1H3,(H,28,30)(H,29,31)/b19-14-. The minimum Gasteiger partial charge on any atom is -0.483 e. The summed E-state index contributed by atoms with van der Waals surface area (Å²) in [5.41, 5.74) is 2.28. The Morgan fingerprint density at radius 2 is 1.69 bits per heavy atom. The summed E-state index contributed by atoms with van der Waals surface area (Å²) in [6, 6.07) is 21.2. The number of nitriles is 1. The second-order valence-electron chi connectivity index (χ2n) is 6.82. The highest BCUT2D eigenvalue weighted by Gasteiger charge is 2.13. The SMILES string of the molecule is Cc1ccccc1NC(=O)/C(C#N)=C\c1ccccc1OCC(=O)Nc1ccc(F)cc1. The number of carbonyl (C=O) groups is 2. The third-order valence-corrected chi connectivity index (χ3v) is 4.46. The van der Waals surface area contributed by atoms with Crippen LogP contribution in [0.5, 0.6) is 5.75 Å². The number of benzene rings is 3. The van der Waals surface area contributed by atoms with Gasteiger partial charge in [-0.3, -0.25) is 9.59 Å². The second kappa shape index (κ2) is 10.5. The molecule has 2 N–H and O–H groups in total. The summed E-state index contributed by atoms with van der Waals surface area (Å²) < 4.78 is 18.6. The Balaban J connectivity index is 1.70. The fourth-order valence-corrected chi connectivity index (χ4v) is 2.81. The van der Waals surface area contributed by atoms with Gasteiger partial charge in [0, 0.05) is 16.9 Å². The van der Waals surface area contributed by atoms with E-state index in [1.54, 1.807) is 36.4 Å². The van der Waals surface area contributed by atoms with Crippen molar-refractivity contribution in [3.8, 4) is 11.8 Å². The van der Waals surface area contributed by atoms with Crippen molar-refractivity contribution in [3.05, 3.63) is 95.3 Å². The summed E-state index contributed by atoms with van der Waals surface area (Å²) in [4.78, 5) is 24.7. The molecule has 32 heavy (non-hydrogen) atoms. The first kappa shape index (κ1) is 22.2. The van der Waals surface area contributed by atoms with E-state index < -0.39 is 17.6 Å². The van der Waals surface area contributed by atoms with Crippen LogP contribution in [0.3, 0.4) is 0 Å². The minimum atomic E-state index is -0.550. The topological polar surface area (TPSA) is 91.2 Å². The van der Waals surface area contributed by atoms with Crippen LogP contribution in [-0.4, -0.2) is 18.4 Å². The number of hydrogen-bond donors (Lipinski definition) is 2. The molecular formula is C25H20FN3O3. The fourth-order valence-electron chi connectivity index (χ4n) is 2.81. The number of ether oxygens (including phenoxy) is 1. The molecule has 0 heterocycles. The first-order chi connectivity index (χ1) is 15.5. The van der Waals surface area contributed by atoms with Gasteiger partial charge in [-0.05, 0) is 55.0 Å². The van der Waals surface area contributed by atoms with Crippen molar-refractivity contribution in [3.63, 3.8) is 0 Å². The van der Waals surface area contributed by atoms with E-state index in [1.165, 1.54) is 30.3 Å². The van der Waals surface area contributed by atoms with Crippen molar-refractivity contribution in [1.82, 2.24) is 0 Å². The predicted molar refractivity (Wildman–Crippen MR) is 120 cm³/mol. The number of aryl methyl sites for hydroxylation is 1. The van der Waals surface area contributed by atoms with E-state index >= 15 is 0 Å². The number of halogens is 1. The fraction of sp³-hybridized carbons (Fsp3) is 0.0800. The van der Waals surface area contributed by atoms with E-state index in [-0.39, 0.29) is 12.2 Å². The van der Waals surface area contributed by atoms with Gasteiger partial charge in [-0.15, -0.1) is 0 Å². The van der Waals surface area contributed by atoms with Gasteiger partial charge >= 0.3 is 0 Å². The first-order valence-electron chi connectivity index (χ1n) is 9.72. The number of amides is 2. The Morgan fingerprint density at radius 1 is 1.00 bits per heavy atom. The van der Waals surface area contributed by atoms with Crippen molar-refractivity contribution in [2.45, 2.75) is 6.92 Å². The van der Waals surface area contributed by atoms with Crippen LogP contribution in [0.15, 0.2) is 78.4 Å². The molecule has 0 aromatic heterocycles. The largest absolute Gasteiger partial charge is 0.483 e. The number of carbonyl (C=O) groups excluding carboxylic acids is 2. The van der Waals surface area contributed by atoms with Crippen LogP contribution in [0, 0.1) is 24.1 Å². The Labute approximate surface area is 185 Å². The highest BCUT2D eigenvalue weighted by Crippen LogP contribution is 2.22. The zero-order valence-electron chi connectivity index (χ0n) is 17.3. The molecule has 3 aromatic rings. The van der Waals surface area contributed by atoms with Crippen LogP contribution < -0.4 is 15.4 Å². The average molecular weight is 429 g/mol. The molecule has 0 aliphatic rings. The molecule has 0 bridgehead atoms. The predicted octanol–water partition coefficient (Wildman–Crippen LogP) is 4.70. The summed E-state index contributed by atoms with van der Waals surface area (Å²) in [5.74, 6) is -1.06. The monoisotopic (exact) mass is 429 g/mol. The molecule has 160 valence electrons. The highest BCUT2D eigenvalue weighted by molar-refractivity contribution is 6.10. The number of para-hydroxylation sites is 2. The molecule has 7 heteroatoms. The maximum Gasteiger partial charge on any atom is 0.266 e. The maximum atomic E-state index is 13.0. The number of anilines is 2. The van der Waals surface area contributed by atoms with Crippen molar-refractivity contribution in [1.29, 1.82) is 5.26 Å². The lowest BCUT2D eigenvalue weighted by Crippen LogP contribution is -2.20. The molecule has 0 fully saturated rings. The molecule has 0 aliphatic carbocycles. The van der Waals surface area contributed by atoms with Gasteiger partial charge in [-0.25, -0.2) is 4.39 Å². The minimum absolute atomic E-state index is 0.111. The maximum absolute atomic E-state index is 13.0. The molecule has 0 atom stereocenters. The third-order valence-electron chi connectivity index (χ3n) is 4.46. The van der Waals surface area contributed by atoms with Crippen molar-refractivity contribution in [2.75, 3.05) is 17.2 Å². The lowest BCUT2D eigenvalue weighted by molar-refractivity contribution is -0.118. The Kier molecular flexibility index (Phi) is 7.33. The Hall–Kier alpha value is -4.44. The smallest absolute Gasteiger partial charge is 0.266 e. The molecule has 0 saturated heterocycles. The van der Waals surface area contributed by atoms with E-state index in [4.69, 9.17) is 4.74 Å². The van der Waals surface area contributed by atoms with Crippen LogP contribution in [0.4, 0.5) is 15.8 Å². The third kappa shape index (κ3) is 6.03. The highest BCUT2D eigenvalue weighted by atomic mass is 19.1. The molecule has 2 amide bonds. The number of rotatable bonds is 7. The van der Waals surface area contributed by atoms with Gasteiger partial charge in [0.25, 0.3) is 11.8 Å². The van der Waals surface area contributed by atoms with Gasteiger partial charge < -0.3 is 15.4 Å². The number of hydrogen-bond acceptors (Lipinski definition) is 4. The van der Waals surface area contributed by atoms with Crippen LogP contribution in [0.1, 0.15) is 11.1 Å². The molecule has 0 aliphatic heterocycles. The van der Waals surface area contributed by atoms with Gasteiger partial charge in [-0.1, -0.05) is 36.4 Å². The van der Waals surface area contributed by atoms with Gasteiger partial charge in [0.15, 0.2) is 6.61 Å². The Bertz CT molecular complexity index is 1200. The summed E-state index contributed by atoms with van der Waals surface area (Å²) >= 11 is 0. The molecule has 3 aromatic carbocycles. The van der Waals surface area contributed by atoms with Crippen LogP contribution in [-0.2, 0) is 9.59 Å². The van der Waals surface area contributed by atoms with Gasteiger partial charge in [0.1, 0.15) is 23.2 Å². The normalized spacial score (nSPS) is 10.7. The molecule has 0 unspecified atom stereocenters. The lowest BCUT2D eigenvalue weighted by Gasteiger charge is -2.11. The molecule has 0 saturated carbocycles. The van der Waals surface area contributed by atoms with Crippen LogP contribution in [0.2, 0.25) is 0 Å². The van der Waals surface area contributed by atoms with E-state index in [0.717, 1.165) is 5.56 Å². The molecule has 0 radical (unpaired) electrons. The zero-order chi connectivity index (χ0) is 22.9. The zero-order valence-corrected chi connectivity index (χ0v) is 17.3.